The molecular weight excluding hydrogens is 202 g/mol. The molecule has 0 aliphatic heterocycles. The molecule has 74 valence electrons. The van der Waals surface area contributed by atoms with Crippen molar-refractivity contribution < 1.29 is 9.53 Å². The van der Waals surface area contributed by atoms with Gasteiger partial charge in [0.1, 0.15) is 0 Å². The van der Waals surface area contributed by atoms with E-state index in [1.54, 1.807) is 30.5 Å². The molecule has 0 saturated carbocycles. The highest BCUT2D eigenvalue weighted by Crippen LogP contribution is 2.13. The molecule has 4 heteroatoms. The molecule has 1 aromatic rings. The zero-order chi connectivity index (χ0) is 10.4. The van der Waals surface area contributed by atoms with E-state index in [1.807, 2.05) is 0 Å². The van der Waals surface area contributed by atoms with Crippen molar-refractivity contribution in [1.29, 1.82) is 0 Å². The Morgan fingerprint density at radius 2 is 2.50 bits per heavy atom. The van der Waals surface area contributed by atoms with Crippen molar-refractivity contribution in [2.24, 2.45) is 0 Å². The van der Waals surface area contributed by atoms with Crippen molar-refractivity contribution >= 4 is 23.6 Å². The fourth-order valence-electron chi connectivity index (χ4n) is 0.871. The van der Waals surface area contributed by atoms with Crippen LogP contribution in [0.4, 0.5) is 0 Å². The van der Waals surface area contributed by atoms with Gasteiger partial charge in [0.25, 0.3) is 0 Å². The van der Waals surface area contributed by atoms with E-state index in [1.165, 1.54) is 7.11 Å². The van der Waals surface area contributed by atoms with Crippen LogP contribution in [-0.2, 0) is 9.53 Å². The summed E-state index contributed by atoms with van der Waals surface area (Å²) in [4.78, 5) is 14.8. The first kappa shape index (κ1) is 10.7. The Morgan fingerprint density at radius 3 is 3.14 bits per heavy atom. The molecule has 0 radical (unpaired) electrons. The molecule has 0 aromatic carbocycles. The number of hydrogen-bond donors (Lipinski definition) is 0. The SMILES string of the molecule is COC(=O)CC=Cc1ncccc1Cl. The topological polar surface area (TPSA) is 39.2 Å². The number of rotatable bonds is 3. The zero-order valence-corrected chi connectivity index (χ0v) is 8.49. The van der Waals surface area contributed by atoms with Gasteiger partial charge in [0.15, 0.2) is 0 Å². The van der Waals surface area contributed by atoms with Gasteiger partial charge in [0, 0.05) is 6.20 Å². The van der Waals surface area contributed by atoms with Crippen molar-refractivity contribution in [2.75, 3.05) is 7.11 Å². The van der Waals surface area contributed by atoms with Crippen molar-refractivity contribution in [2.45, 2.75) is 6.42 Å². The largest absolute Gasteiger partial charge is 0.469 e. The summed E-state index contributed by atoms with van der Waals surface area (Å²) in [5.41, 5.74) is 0.651. The molecule has 0 aliphatic carbocycles. The second-order valence-electron chi connectivity index (χ2n) is 2.55. The Labute approximate surface area is 87.4 Å². The lowest BCUT2D eigenvalue weighted by atomic mass is 10.3. The summed E-state index contributed by atoms with van der Waals surface area (Å²) in [7, 11) is 1.35. The van der Waals surface area contributed by atoms with Crippen LogP contribution in [0.15, 0.2) is 24.4 Å². The van der Waals surface area contributed by atoms with E-state index in [0.29, 0.717) is 10.7 Å². The van der Waals surface area contributed by atoms with Gasteiger partial charge in [-0.1, -0.05) is 17.7 Å². The summed E-state index contributed by atoms with van der Waals surface area (Å²) >= 11 is 5.84. The van der Waals surface area contributed by atoms with Gasteiger partial charge >= 0.3 is 5.97 Å². The number of pyridine rings is 1. The first-order valence-corrected chi connectivity index (χ1v) is 4.45. The van der Waals surface area contributed by atoms with Crippen LogP contribution in [0.5, 0.6) is 0 Å². The van der Waals surface area contributed by atoms with Crippen molar-refractivity contribution in [3.63, 3.8) is 0 Å². The predicted molar refractivity (Wildman–Crippen MR) is 54.9 cm³/mol. The molecule has 1 heterocycles. The Kier molecular flexibility index (Phi) is 4.13. The smallest absolute Gasteiger partial charge is 0.309 e. The number of methoxy groups -OCH3 is 1. The van der Waals surface area contributed by atoms with Crippen molar-refractivity contribution in [3.05, 3.63) is 35.1 Å². The summed E-state index contributed by atoms with van der Waals surface area (Å²) in [5.74, 6) is -0.284. The van der Waals surface area contributed by atoms with Gasteiger partial charge in [-0.3, -0.25) is 9.78 Å². The average molecular weight is 212 g/mol. The number of carbonyl (C=O) groups is 1. The number of nitrogens with zero attached hydrogens (tertiary/aromatic N) is 1. The third-order valence-corrected chi connectivity index (χ3v) is 1.89. The van der Waals surface area contributed by atoms with Crippen LogP contribution in [0.2, 0.25) is 5.02 Å². The third-order valence-electron chi connectivity index (χ3n) is 1.57. The highest BCUT2D eigenvalue weighted by Gasteiger charge is 1.97. The molecule has 0 saturated heterocycles. The van der Waals surface area contributed by atoms with E-state index in [-0.39, 0.29) is 12.4 Å². The summed E-state index contributed by atoms with van der Waals surface area (Å²) in [6, 6.07) is 3.49. The Balaban J connectivity index is 2.60. The van der Waals surface area contributed by atoms with Crippen LogP contribution in [-0.4, -0.2) is 18.1 Å². The normalized spacial score (nSPS) is 10.4. The van der Waals surface area contributed by atoms with E-state index in [0.717, 1.165) is 0 Å². The molecule has 0 atom stereocenters. The molecule has 0 aliphatic rings. The van der Waals surface area contributed by atoms with Gasteiger partial charge in [0.05, 0.1) is 24.2 Å². The van der Waals surface area contributed by atoms with E-state index in [4.69, 9.17) is 11.6 Å². The number of ether oxygens (including phenoxy) is 1. The Hall–Kier alpha value is -1.35. The molecule has 0 unspecified atom stereocenters. The zero-order valence-electron chi connectivity index (χ0n) is 7.74. The summed E-state index contributed by atoms with van der Waals surface area (Å²) < 4.78 is 4.47. The number of aromatic nitrogens is 1. The Bertz CT molecular complexity index is 350. The van der Waals surface area contributed by atoms with E-state index < -0.39 is 0 Å². The Morgan fingerprint density at radius 1 is 1.71 bits per heavy atom. The standard InChI is InChI=1S/C10H10ClNO2/c1-14-10(13)6-2-5-9-8(11)4-3-7-12-9/h2-5,7H,6H2,1H3. The minimum atomic E-state index is -0.284. The lowest BCUT2D eigenvalue weighted by molar-refractivity contribution is -0.139. The third kappa shape index (κ3) is 3.18. The van der Waals surface area contributed by atoms with Gasteiger partial charge in [-0.2, -0.15) is 0 Å². The highest BCUT2D eigenvalue weighted by molar-refractivity contribution is 6.31. The monoisotopic (exact) mass is 211 g/mol. The summed E-state index contributed by atoms with van der Waals surface area (Å²) in [5, 5.41) is 0.564. The average Bonchev–Trinajstić information content (AvgIpc) is 2.20. The maximum absolute atomic E-state index is 10.8. The number of carbonyl (C=O) groups excluding carboxylic acids is 1. The lowest BCUT2D eigenvalue weighted by Gasteiger charge is -1.95. The van der Waals surface area contributed by atoms with E-state index in [2.05, 4.69) is 9.72 Å². The molecule has 0 spiro atoms. The van der Waals surface area contributed by atoms with Gasteiger partial charge in [-0.25, -0.2) is 0 Å². The van der Waals surface area contributed by atoms with Gasteiger partial charge < -0.3 is 4.74 Å². The first-order valence-electron chi connectivity index (χ1n) is 4.08. The molecule has 3 nitrogen and oxygen atoms in total. The molecular formula is C10H10ClNO2. The quantitative estimate of drug-likeness (QED) is 0.721. The van der Waals surface area contributed by atoms with Crippen LogP contribution in [0.1, 0.15) is 12.1 Å². The molecule has 1 rings (SSSR count). The van der Waals surface area contributed by atoms with Crippen LogP contribution >= 0.6 is 11.6 Å². The van der Waals surface area contributed by atoms with Crippen molar-refractivity contribution in [1.82, 2.24) is 4.98 Å². The van der Waals surface area contributed by atoms with Crippen molar-refractivity contribution in [3.8, 4) is 0 Å². The minimum Gasteiger partial charge on any atom is -0.469 e. The molecule has 0 amide bonds. The van der Waals surface area contributed by atoms with Crippen LogP contribution < -0.4 is 0 Å². The number of esters is 1. The second-order valence-corrected chi connectivity index (χ2v) is 2.96. The number of hydrogen-bond acceptors (Lipinski definition) is 3. The van der Waals surface area contributed by atoms with Gasteiger partial charge in [-0.15, -0.1) is 0 Å². The van der Waals surface area contributed by atoms with Gasteiger partial charge in [0.2, 0.25) is 0 Å². The fraction of sp³-hybridized carbons (Fsp3) is 0.200. The fourth-order valence-corrected chi connectivity index (χ4v) is 1.06. The maximum Gasteiger partial charge on any atom is 0.309 e. The highest BCUT2D eigenvalue weighted by atomic mass is 35.5. The van der Waals surface area contributed by atoms with Crippen LogP contribution in [0.3, 0.4) is 0 Å². The number of halogens is 1. The molecule has 0 N–H and O–H groups in total. The maximum atomic E-state index is 10.8. The first-order chi connectivity index (χ1) is 6.74. The predicted octanol–water partition coefficient (Wildman–Crippen LogP) is 2.31. The second kappa shape index (κ2) is 5.40. The summed E-state index contributed by atoms with van der Waals surface area (Å²) in [6.45, 7) is 0. The minimum absolute atomic E-state index is 0.226. The summed E-state index contributed by atoms with van der Waals surface area (Å²) in [6.07, 6.45) is 5.23. The molecule has 0 fully saturated rings. The molecule has 14 heavy (non-hydrogen) atoms. The van der Waals surface area contributed by atoms with Gasteiger partial charge in [-0.05, 0) is 18.2 Å². The van der Waals surface area contributed by atoms with E-state index >= 15 is 0 Å². The van der Waals surface area contributed by atoms with E-state index in [9.17, 15) is 4.79 Å². The molecule has 1 aromatic heterocycles. The van der Waals surface area contributed by atoms with Crippen LogP contribution in [0.25, 0.3) is 6.08 Å². The lowest BCUT2D eigenvalue weighted by Crippen LogP contribution is -1.96. The molecule has 0 bridgehead atoms. The van der Waals surface area contributed by atoms with Crippen LogP contribution in [0, 0.1) is 0 Å².